The molecule has 0 saturated carbocycles. The SMILES string of the molecule is OC1(S)CCc2ccccc2S1. The molecule has 0 aromatic heterocycles. The number of fused-ring (bicyclic) bond motifs is 1. The molecule has 0 radical (unpaired) electrons. The Labute approximate surface area is 81.6 Å². The summed E-state index contributed by atoms with van der Waals surface area (Å²) in [5.74, 6) is 0. The van der Waals surface area contributed by atoms with E-state index in [-0.39, 0.29) is 0 Å². The third kappa shape index (κ3) is 1.63. The molecule has 1 aromatic carbocycles. The van der Waals surface area contributed by atoms with Crippen molar-refractivity contribution in [2.75, 3.05) is 0 Å². The minimum Gasteiger partial charge on any atom is -0.370 e. The van der Waals surface area contributed by atoms with E-state index < -0.39 is 4.27 Å². The van der Waals surface area contributed by atoms with Crippen LogP contribution in [0.4, 0.5) is 0 Å². The van der Waals surface area contributed by atoms with Crippen LogP contribution in [0, 0.1) is 0 Å². The second-order valence-electron chi connectivity index (χ2n) is 2.95. The number of aryl methyl sites for hydroxylation is 1. The minimum atomic E-state index is -0.867. The monoisotopic (exact) mass is 198 g/mol. The van der Waals surface area contributed by atoms with Crippen molar-refractivity contribution >= 4 is 24.4 Å². The zero-order valence-corrected chi connectivity index (χ0v) is 8.24. The topological polar surface area (TPSA) is 20.2 Å². The quantitative estimate of drug-likeness (QED) is 0.493. The van der Waals surface area contributed by atoms with Crippen LogP contribution in [0.2, 0.25) is 0 Å². The van der Waals surface area contributed by atoms with Gasteiger partial charge in [0.15, 0.2) is 4.27 Å². The summed E-state index contributed by atoms with van der Waals surface area (Å²) in [6.07, 6.45) is 1.64. The van der Waals surface area contributed by atoms with E-state index in [4.69, 9.17) is 0 Å². The van der Waals surface area contributed by atoms with E-state index in [2.05, 4.69) is 18.7 Å². The van der Waals surface area contributed by atoms with Crippen LogP contribution in [-0.4, -0.2) is 9.37 Å². The number of aliphatic hydroxyl groups is 1. The maximum absolute atomic E-state index is 9.65. The molecule has 0 aliphatic carbocycles. The van der Waals surface area contributed by atoms with Gasteiger partial charge >= 0.3 is 0 Å². The molecule has 3 heteroatoms. The van der Waals surface area contributed by atoms with Crippen LogP contribution in [0.3, 0.4) is 0 Å². The normalized spacial score (nSPS) is 28.2. The van der Waals surface area contributed by atoms with Crippen LogP contribution in [-0.2, 0) is 6.42 Å². The first-order valence-electron chi connectivity index (χ1n) is 3.89. The van der Waals surface area contributed by atoms with Crippen LogP contribution < -0.4 is 0 Å². The molecule has 12 heavy (non-hydrogen) atoms. The van der Waals surface area contributed by atoms with Gasteiger partial charge in [0.05, 0.1) is 0 Å². The molecular weight excluding hydrogens is 188 g/mol. The Hall–Kier alpha value is -0.120. The molecule has 1 nitrogen and oxygen atoms in total. The maximum atomic E-state index is 9.65. The molecule has 1 aliphatic rings. The van der Waals surface area contributed by atoms with Gasteiger partial charge in [0.25, 0.3) is 0 Å². The molecule has 0 fully saturated rings. The van der Waals surface area contributed by atoms with Crippen molar-refractivity contribution in [3.63, 3.8) is 0 Å². The average molecular weight is 198 g/mol. The van der Waals surface area contributed by atoms with Gasteiger partial charge in [-0.1, -0.05) is 30.0 Å². The zero-order valence-electron chi connectivity index (χ0n) is 6.53. The fourth-order valence-corrected chi connectivity index (χ4v) is 2.75. The molecule has 1 aliphatic heterocycles. The number of rotatable bonds is 0. The molecule has 1 unspecified atom stereocenters. The third-order valence-electron chi connectivity index (χ3n) is 1.97. The summed E-state index contributed by atoms with van der Waals surface area (Å²) in [5.41, 5.74) is 1.32. The molecule has 0 bridgehead atoms. The Morgan fingerprint density at radius 3 is 3.00 bits per heavy atom. The van der Waals surface area contributed by atoms with E-state index in [1.54, 1.807) is 0 Å². The van der Waals surface area contributed by atoms with Crippen molar-refractivity contribution in [3.05, 3.63) is 29.8 Å². The molecule has 0 saturated heterocycles. The van der Waals surface area contributed by atoms with Crippen molar-refractivity contribution in [3.8, 4) is 0 Å². The summed E-state index contributed by atoms with van der Waals surface area (Å²) in [4.78, 5) is 1.15. The van der Waals surface area contributed by atoms with Gasteiger partial charge in [0.2, 0.25) is 0 Å². The van der Waals surface area contributed by atoms with Crippen molar-refractivity contribution in [1.29, 1.82) is 0 Å². The fraction of sp³-hybridized carbons (Fsp3) is 0.333. The molecule has 0 amide bonds. The molecule has 1 N–H and O–H groups in total. The smallest absolute Gasteiger partial charge is 0.159 e. The number of thiol groups is 1. The summed E-state index contributed by atoms with van der Waals surface area (Å²) >= 11 is 5.60. The Bertz CT molecular complexity index is 296. The first kappa shape index (κ1) is 8.48. The number of hydrogen-bond acceptors (Lipinski definition) is 3. The highest BCUT2D eigenvalue weighted by Crippen LogP contribution is 2.43. The summed E-state index contributed by atoms with van der Waals surface area (Å²) in [7, 11) is 0. The van der Waals surface area contributed by atoms with Gasteiger partial charge in [-0.2, -0.15) is 0 Å². The Kier molecular flexibility index (Phi) is 2.10. The van der Waals surface area contributed by atoms with Gasteiger partial charge < -0.3 is 5.11 Å². The summed E-state index contributed by atoms with van der Waals surface area (Å²) in [5, 5.41) is 9.65. The highest BCUT2D eigenvalue weighted by molar-refractivity contribution is 8.11. The zero-order chi connectivity index (χ0) is 8.60. The van der Waals surface area contributed by atoms with E-state index in [1.165, 1.54) is 17.3 Å². The summed E-state index contributed by atoms with van der Waals surface area (Å²) < 4.78 is -0.867. The average Bonchev–Trinajstić information content (AvgIpc) is 2.02. The third-order valence-corrected chi connectivity index (χ3v) is 3.61. The van der Waals surface area contributed by atoms with Crippen LogP contribution in [0.5, 0.6) is 0 Å². The van der Waals surface area contributed by atoms with Crippen molar-refractivity contribution in [2.45, 2.75) is 22.0 Å². The van der Waals surface area contributed by atoms with Crippen molar-refractivity contribution < 1.29 is 5.11 Å². The van der Waals surface area contributed by atoms with E-state index in [1.807, 2.05) is 18.2 Å². The summed E-state index contributed by atoms with van der Waals surface area (Å²) in [6, 6.07) is 8.15. The predicted octanol–water partition coefficient (Wildman–Crippen LogP) is 2.30. The van der Waals surface area contributed by atoms with Crippen LogP contribution in [0.25, 0.3) is 0 Å². The molecule has 1 heterocycles. The minimum absolute atomic E-state index is 0.720. The second-order valence-corrected chi connectivity index (χ2v) is 5.31. The lowest BCUT2D eigenvalue weighted by Gasteiger charge is -2.27. The number of benzene rings is 1. The molecule has 0 spiro atoms. The molecule has 1 aromatic rings. The molecule has 64 valence electrons. The van der Waals surface area contributed by atoms with Crippen molar-refractivity contribution in [1.82, 2.24) is 0 Å². The van der Waals surface area contributed by atoms with Gasteiger partial charge in [-0.05, 0) is 24.5 Å². The number of hydrogen-bond donors (Lipinski definition) is 2. The van der Waals surface area contributed by atoms with Crippen LogP contribution in [0.15, 0.2) is 29.2 Å². The lowest BCUT2D eigenvalue weighted by Crippen LogP contribution is -2.20. The highest BCUT2D eigenvalue weighted by Gasteiger charge is 2.28. The van der Waals surface area contributed by atoms with Crippen LogP contribution >= 0.6 is 24.4 Å². The first-order chi connectivity index (χ1) is 5.67. The Morgan fingerprint density at radius 2 is 2.17 bits per heavy atom. The van der Waals surface area contributed by atoms with Gasteiger partial charge in [-0.15, -0.1) is 12.6 Å². The molecule has 1 atom stereocenters. The van der Waals surface area contributed by atoms with Gasteiger partial charge in [0, 0.05) is 4.90 Å². The van der Waals surface area contributed by atoms with E-state index in [0.29, 0.717) is 0 Å². The standard InChI is InChI=1S/C9H10OS2/c10-9(11)6-5-7-3-1-2-4-8(7)12-9/h1-4,10-11H,5-6H2. The largest absolute Gasteiger partial charge is 0.370 e. The van der Waals surface area contributed by atoms with E-state index >= 15 is 0 Å². The first-order valence-corrected chi connectivity index (χ1v) is 5.15. The lowest BCUT2D eigenvalue weighted by molar-refractivity contribution is 0.219. The van der Waals surface area contributed by atoms with Gasteiger partial charge in [0.1, 0.15) is 0 Å². The maximum Gasteiger partial charge on any atom is 0.159 e. The molecule has 2 rings (SSSR count). The Balaban J connectivity index is 2.35. The van der Waals surface area contributed by atoms with Crippen molar-refractivity contribution in [2.24, 2.45) is 0 Å². The predicted molar refractivity (Wildman–Crippen MR) is 54.6 cm³/mol. The van der Waals surface area contributed by atoms with Gasteiger partial charge in [-0.25, -0.2) is 0 Å². The summed E-state index contributed by atoms with van der Waals surface area (Å²) in [6.45, 7) is 0. The lowest BCUT2D eigenvalue weighted by atomic mass is 10.1. The van der Waals surface area contributed by atoms with Crippen LogP contribution in [0.1, 0.15) is 12.0 Å². The Morgan fingerprint density at radius 1 is 1.42 bits per heavy atom. The van der Waals surface area contributed by atoms with E-state index in [0.717, 1.165) is 17.7 Å². The highest BCUT2D eigenvalue weighted by atomic mass is 32.2. The van der Waals surface area contributed by atoms with Gasteiger partial charge in [-0.3, -0.25) is 0 Å². The van der Waals surface area contributed by atoms with E-state index in [9.17, 15) is 5.11 Å². The molecular formula is C9H10OS2. The fourth-order valence-electron chi connectivity index (χ4n) is 1.33. The number of thioether (sulfide) groups is 1. The second kappa shape index (κ2) is 2.98.